The zero-order valence-electron chi connectivity index (χ0n) is 19.0. The summed E-state index contributed by atoms with van der Waals surface area (Å²) in [6.07, 6.45) is 1.58. The van der Waals surface area contributed by atoms with Crippen LogP contribution in [0, 0.1) is 13.8 Å². The molecule has 0 bridgehead atoms. The van der Waals surface area contributed by atoms with Gasteiger partial charge in [0.25, 0.3) is 0 Å². The Morgan fingerprint density at radius 1 is 1.26 bits per heavy atom. The van der Waals surface area contributed by atoms with Crippen LogP contribution in [-0.4, -0.2) is 41.5 Å². The summed E-state index contributed by atoms with van der Waals surface area (Å²) < 4.78 is 5.57. The van der Waals surface area contributed by atoms with E-state index in [9.17, 15) is 9.90 Å². The van der Waals surface area contributed by atoms with Crippen molar-refractivity contribution in [3.8, 4) is 0 Å². The van der Waals surface area contributed by atoms with Gasteiger partial charge in [0.05, 0.1) is 13.1 Å². The maximum absolute atomic E-state index is 12.0. The van der Waals surface area contributed by atoms with E-state index in [0.717, 1.165) is 41.2 Å². The van der Waals surface area contributed by atoms with Crippen molar-refractivity contribution in [1.29, 1.82) is 0 Å². The van der Waals surface area contributed by atoms with Crippen LogP contribution in [0.5, 0.6) is 0 Å². The van der Waals surface area contributed by atoms with E-state index in [1.807, 2.05) is 43.9 Å². The summed E-state index contributed by atoms with van der Waals surface area (Å²) in [5.41, 5.74) is 1.89. The van der Waals surface area contributed by atoms with Crippen LogP contribution < -0.4 is 10.6 Å². The first kappa shape index (κ1) is 22.9. The number of amides is 1. The predicted octanol–water partition coefficient (Wildman–Crippen LogP) is 2.98. The number of hydrogen-bond acceptors (Lipinski definition) is 4. The highest BCUT2D eigenvalue weighted by Gasteiger charge is 2.28. The van der Waals surface area contributed by atoms with E-state index < -0.39 is 5.60 Å². The second-order valence-corrected chi connectivity index (χ2v) is 8.34. The molecule has 1 unspecified atom stereocenters. The number of benzene rings is 1. The zero-order chi connectivity index (χ0) is 22.4. The van der Waals surface area contributed by atoms with Gasteiger partial charge < -0.3 is 25.1 Å². The van der Waals surface area contributed by atoms with Gasteiger partial charge in [0, 0.05) is 31.6 Å². The summed E-state index contributed by atoms with van der Waals surface area (Å²) >= 11 is 0. The van der Waals surface area contributed by atoms with Crippen molar-refractivity contribution in [3.63, 3.8) is 0 Å². The van der Waals surface area contributed by atoms with Gasteiger partial charge in [0.15, 0.2) is 5.96 Å². The van der Waals surface area contributed by atoms with Gasteiger partial charge in [0.2, 0.25) is 5.91 Å². The second-order valence-electron chi connectivity index (χ2n) is 8.34. The molecule has 31 heavy (non-hydrogen) atoms. The maximum atomic E-state index is 12.0. The van der Waals surface area contributed by atoms with Crippen LogP contribution in [0.25, 0.3) is 0 Å². The molecule has 1 atom stereocenters. The van der Waals surface area contributed by atoms with E-state index in [-0.39, 0.29) is 5.91 Å². The fourth-order valence-corrected chi connectivity index (χ4v) is 3.97. The molecule has 0 saturated carbocycles. The van der Waals surface area contributed by atoms with Crippen molar-refractivity contribution in [2.75, 3.05) is 19.6 Å². The summed E-state index contributed by atoms with van der Waals surface area (Å²) in [7, 11) is 0. The lowest BCUT2D eigenvalue weighted by molar-refractivity contribution is -0.128. The number of nitrogens with one attached hydrogen (secondary N) is 2. The van der Waals surface area contributed by atoms with Gasteiger partial charge >= 0.3 is 0 Å². The van der Waals surface area contributed by atoms with Crippen LogP contribution in [-0.2, 0) is 23.5 Å². The molecule has 1 aromatic carbocycles. The molecular weight excluding hydrogens is 392 g/mol. The summed E-state index contributed by atoms with van der Waals surface area (Å²) in [5.74, 6) is 2.35. The molecule has 1 aliphatic rings. The molecule has 0 radical (unpaired) electrons. The summed E-state index contributed by atoms with van der Waals surface area (Å²) in [4.78, 5) is 18.6. The number of aliphatic hydroxyl groups is 1. The summed E-state index contributed by atoms with van der Waals surface area (Å²) in [5, 5.41) is 17.5. The van der Waals surface area contributed by atoms with E-state index in [4.69, 9.17) is 9.41 Å². The van der Waals surface area contributed by atoms with Gasteiger partial charge in [-0.3, -0.25) is 4.79 Å². The lowest BCUT2D eigenvalue weighted by Crippen LogP contribution is -2.44. The highest BCUT2D eigenvalue weighted by molar-refractivity contribution is 5.80. The topological polar surface area (TPSA) is 90.1 Å². The van der Waals surface area contributed by atoms with Gasteiger partial charge in [-0.15, -0.1) is 0 Å². The highest BCUT2D eigenvalue weighted by atomic mass is 16.3. The number of likely N-dealkylation sites (tertiary alicyclic amines) is 1. The highest BCUT2D eigenvalue weighted by Crippen LogP contribution is 2.26. The molecule has 1 saturated heterocycles. The van der Waals surface area contributed by atoms with Gasteiger partial charge in [-0.05, 0) is 51.3 Å². The Bertz CT molecular complexity index is 933. The van der Waals surface area contributed by atoms with E-state index in [1.54, 1.807) is 6.92 Å². The predicted molar refractivity (Wildman–Crippen MR) is 122 cm³/mol. The molecule has 2 heterocycles. The van der Waals surface area contributed by atoms with Crippen molar-refractivity contribution in [3.05, 3.63) is 58.5 Å². The van der Waals surface area contributed by atoms with Crippen LogP contribution in [0.2, 0.25) is 0 Å². The first-order valence-electron chi connectivity index (χ1n) is 11.0. The van der Waals surface area contributed by atoms with E-state index >= 15 is 0 Å². The molecule has 1 amide bonds. The van der Waals surface area contributed by atoms with Crippen molar-refractivity contribution in [2.45, 2.75) is 59.2 Å². The van der Waals surface area contributed by atoms with E-state index in [2.05, 4.69) is 22.8 Å². The number of carbonyl (C=O) groups is 1. The van der Waals surface area contributed by atoms with Crippen molar-refractivity contribution >= 4 is 11.9 Å². The number of rotatable bonds is 8. The minimum absolute atomic E-state index is 0.223. The fraction of sp³-hybridized carbons (Fsp3) is 0.500. The minimum Gasteiger partial charge on any atom is -0.466 e. The Labute approximate surface area is 184 Å². The zero-order valence-corrected chi connectivity index (χ0v) is 19.0. The number of aliphatic imine (C=N–C) groups is 1. The monoisotopic (exact) mass is 426 g/mol. The molecule has 1 aromatic heterocycles. The first-order chi connectivity index (χ1) is 14.8. The molecule has 1 fully saturated rings. The number of furan rings is 1. The summed E-state index contributed by atoms with van der Waals surface area (Å²) in [6.45, 7) is 10.4. The second kappa shape index (κ2) is 10.0. The molecule has 0 aliphatic carbocycles. The largest absolute Gasteiger partial charge is 0.466 e. The average Bonchev–Trinajstić information content (AvgIpc) is 3.29. The quantitative estimate of drug-likeness (QED) is 0.446. The number of nitrogens with zero attached hydrogens (tertiary/aromatic N) is 2. The number of aryl methyl sites for hydroxylation is 2. The van der Waals surface area contributed by atoms with Crippen LogP contribution >= 0.6 is 0 Å². The van der Waals surface area contributed by atoms with Crippen molar-refractivity contribution in [2.24, 2.45) is 4.99 Å². The third-order valence-electron chi connectivity index (χ3n) is 5.62. The molecule has 0 spiro atoms. The number of carbonyl (C=O) groups excluding carboxylic acids is 1. The third kappa shape index (κ3) is 5.88. The lowest BCUT2D eigenvalue weighted by Gasteiger charge is -2.24. The Morgan fingerprint density at radius 3 is 2.61 bits per heavy atom. The molecular formula is C24H34N4O3. The Hall–Kier alpha value is -2.80. The van der Waals surface area contributed by atoms with Crippen LogP contribution in [0.4, 0.5) is 0 Å². The number of guanidine groups is 1. The van der Waals surface area contributed by atoms with Crippen molar-refractivity contribution in [1.82, 2.24) is 15.5 Å². The molecule has 168 valence electrons. The molecule has 7 nitrogen and oxygen atoms in total. The minimum atomic E-state index is -1.09. The molecule has 1 aliphatic heterocycles. The number of hydrogen-bond donors (Lipinski definition) is 3. The average molecular weight is 427 g/mol. The van der Waals surface area contributed by atoms with E-state index in [1.165, 1.54) is 0 Å². The van der Waals surface area contributed by atoms with Gasteiger partial charge in [-0.25, -0.2) is 4.99 Å². The molecule has 3 N–H and O–H groups in total. The third-order valence-corrected chi connectivity index (χ3v) is 5.62. The molecule has 2 aromatic rings. The molecule has 3 rings (SSSR count). The van der Waals surface area contributed by atoms with E-state index in [0.29, 0.717) is 38.6 Å². The van der Waals surface area contributed by atoms with Gasteiger partial charge in [-0.1, -0.05) is 24.3 Å². The fourth-order valence-electron chi connectivity index (χ4n) is 3.97. The Balaban J connectivity index is 1.68. The standard InChI is InChI=1S/C24H34N4O3/c1-5-25-23(27-16-24(4,30)21-13-17(2)31-18(21)3)26-14-19-9-6-7-10-20(19)15-28-12-8-11-22(28)29/h6-7,9-10,13,30H,5,8,11-12,14-16H2,1-4H3,(H2,25,26,27). The van der Waals surface area contributed by atoms with Crippen LogP contribution in [0.15, 0.2) is 39.7 Å². The summed E-state index contributed by atoms with van der Waals surface area (Å²) in [6, 6.07) is 9.98. The SMILES string of the molecule is CCNC(=NCc1ccccc1CN1CCCC1=O)NCC(C)(O)c1cc(C)oc1C. The van der Waals surface area contributed by atoms with Gasteiger partial charge in [-0.2, -0.15) is 0 Å². The Morgan fingerprint density at radius 2 is 2.00 bits per heavy atom. The van der Waals surface area contributed by atoms with Gasteiger partial charge in [0.1, 0.15) is 17.1 Å². The maximum Gasteiger partial charge on any atom is 0.222 e. The first-order valence-corrected chi connectivity index (χ1v) is 11.0. The Kier molecular flexibility index (Phi) is 7.38. The van der Waals surface area contributed by atoms with Crippen LogP contribution in [0.3, 0.4) is 0 Å². The van der Waals surface area contributed by atoms with Crippen molar-refractivity contribution < 1.29 is 14.3 Å². The lowest BCUT2D eigenvalue weighted by atomic mass is 9.96. The molecule has 7 heteroatoms. The smallest absolute Gasteiger partial charge is 0.222 e. The van der Waals surface area contributed by atoms with Crippen LogP contribution in [0.1, 0.15) is 54.9 Å². The normalized spacial score (nSPS) is 16.5.